The van der Waals surface area contributed by atoms with Crippen LogP contribution in [0, 0.1) is 5.92 Å². The van der Waals surface area contributed by atoms with Crippen LogP contribution >= 0.6 is 0 Å². The van der Waals surface area contributed by atoms with Gasteiger partial charge in [0.25, 0.3) is 0 Å². The first-order valence-electron chi connectivity index (χ1n) is 2.94. The van der Waals surface area contributed by atoms with Gasteiger partial charge in [-0.25, -0.2) is 0 Å². The molecule has 0 aromatic heterocycles. The summed E-state index contributed by atoms with van der Waals surface area (Å²) in [6, 6.07) is 0. The summed E-state index contributed by atoms with van der Waals surface area (Å²) in [5.41, 5.74) is 0. The number of carbonyl (C=O) groups excluding carboxylic acids is 3. The fraction of sp³-hybridized carbons (Fsp3) is 0.500. The Morgan fingerprint density at radius 1 is 1.23 bits per heavy atom. The Balaban J connectivity index is -0.000000500. The van der Waals surface area contributed by atoms with E-state index in [-0.39, 0.29) is 71.8 Å². The van der Waals surface area contributed by atoms with Gasteiger partial charge < -0.3 is 24.6 Å². The maximum Gasteiger partial charge on any atom is 1.00 e. The van der Waals surface area contributed by atoms with Gasteiger partial charge in [0, 0.05) is 5.97 Å². The maximum absolute atomic E-state index is 9.99. The normalized spacial score (nSPS) is 10.2. The van der Waals surface area contributed by atoms with E-state index >= 15 is 0 Å². The van der Waals surface area contributed by atoms with Crippen molar-refractivity contribution in [2.75, 3.05) is 0 Å². The number of carboxylic acids is 2. The molecule has 0 aliphatic rings. The zero-order chi connectivity index (χ0) is 8.85. The topological polar surface area (TPSA) is 97.3 Å². The van der Waals surface area contributed by atoms with E-state index in [2.05, 4.69) is 0 Å². The molecule has 7 heteroatoms. The third-order valence-electron chi connectivity index (χ3n) is 1.13. The summed E-state index contributed by atoms with van der Waals surface area (Å²) in [6.45, 7) is 0. The van der Waals surface area contributed by atoms with E-state index in [0.717, 1.165) is 0 Å². The van der Waals surface area contributed by atoms with E-state index in [4.69, 9.17) is 0 Å². The SMILES string of the molecule is O=CC(CCC(=O)[O-])C(=O)[O-].[Na+].[Na+]. The molecule has 0 aromatic rings. The second kappa shape index (κ2) is 10.7. The monoisotopic (exact) mass is 204 g/mol. The van der Waals surface area contributed by atoms with Gasteiger partial charge in [-0.05, 0) is 12.8 Å². The second-order valence-corrected chi connectivity index (χ2v) is 1.97. The van der Waals surface area contributed by atoms with Crippen molar-refractivity contribution in [2.45, 2.75) is 12.8 Å². The number of carboxylic acid groups (broad SMARTS) is 2. The van der Waals surface area contributed by atoms with E-state index < -0.39 is 24.3 Å². The molecule has 0 bridgehead atoms. The molecule has 0 N–H and O–H groups in total. The van der Waals surface area contributed by atoms with E-state index in [1.165, 1.54) is 0 Å². The molecule has 1 atom stereocenters. The summed E-state index contributed by atoms with van der Waals surface area (Å²) in [7, 11) is 0. The van der Waals surface area contributed by atoms with Crippen LogP contribution in [0.2, 0.25) is 0 Å². The van der Waals surface area contributed by atoms with E-state index in [0.29, 0.717) is 0 Å². The van der Waals surface area contributed by atoms with E-state index in [9.17, 15) is 24.6 Å². The molecule has 0 amide bonds. The standard InChI is InChI=1S/C6H8O5.2Na/c7-3-4(6(10)11)1-2-5(8)9;;/h3-4H,1-2H2,(H,8,9)(H,10,11);;/q;2*+1/p-2. The number of carbonyl (C=O) groups is 3. The third kappa shape index (κ3) is 10.5. The largest absolute Gasteiger partial charge is 1.00 e. The van der Waals surface area contributed by atoms with Gasteiger partial charge in [-0.3, -0.25) is 0 Å². The third-order valence-corrected chi connectivity index (χ3v) is 1.13. The first kappa shape index (κ1) is 19.2. The van der Waals surface area contributed by atoms with Crippen LogP contribution in [0.4, 0.5) is 0 Å². The van der Waals surface area contributed by atoms with Crippen molar-refractivity contribution in [3.63, 3.8) is 0 Å². The summed E-state index contributed by atoms with van der Waals surface area (Å²) >= 11 is 0. The molecule has 0 rings (SSSR count). The molecule has 0 aromatic carbocycles. The van der Waals surface area contributed by atoms with Crippen LogP contribution in [0.5, 0.6) is 0 Å². The molecule has 0 fully saturated rings. The average Bonchev–Trinajstić information content (AvgIpc) is 1.87. The Morgan fingerprint density at radius 3 is 1.92 bits per heavy atom. The molecule has 1 unspecified atom stereocenters. The molecule has 0 radical (unpaired) electrons. The number of aliphatic carboxylic acids is 2. The van der Waals surface area contributed by atoms with Crippen LogP contribution in [-0.2, 0) is 14.4 Å². The summed E-state index contributed by atoms with van der Waals surface area (Å²) in [5, 5.41) is 19.8. The van der Waals surface area contributed by atoms with Crippen molar-refractivity contribution >= 4 is 18.2 Å². The molecule has 0 saturated heterocycles. The van der Waals surface area contributed by atoms with Crippen molar-refractivity contribution in [1.29, 1.82) is 0 Å². The van der Waals surface area contributed by atoms with E-state index in [1.807, 2.05) is 0 Å². The van der Waals surface area contributed by atoms with Crippen molar-refractivity contribution in [2.24, 2.45) is 5.92 Å². The minimum absolute atomic E-state index is 0. The van der Waals surface area contributed by atoms with Crippen LogP contribution in [0.3, 0.4) is 0 Å². The van der Waals surface area contributed by atoms with E-state index in [1.54, 1.807) is 0 Å². The van der Waals surface area contributed by atoms with Crippen LogP contribution in [0.1, 0.15) is 12.8 Å². The molecule has 0 heterocycles. The van der Waals surface area contributed by atoms with Crippen LogP contribution < -0.4 is 69.3 Å². The van der Waals surface area contributed by atoms with Crippen LogP contribution in [0.25, 0.3) is 0 Å². The Bertz CT molecular complexity index is 182. The van der Waals surface area contributed by atoms with Gasteiger partial charge >= 0.3 is 59.1 Å². The van der Waals surface area contributed by atoms with Crippen LogP contribution in [-0.4, -0.2) is 18.2 Å². The summed E-state index contributed by atoms with van der Waals surface area (Å²) in [6.07, 6.45) is -0.566. The van der Waals surface area contributed by atoms with Crippen molar-refractivity contribution in [3.8, 4) is 0 Å². The molecular formula is C6H6Na2O5. The molecule has 0 aliphatic carbocycles. The Morgan fingerprint density at radius 2 is 1.69 bits per heavy atom. The molecule has 62 valence electrons. The van der Waals surface area contributed by atoms with Crippen molar-refractivity contribution in [3.05, 3.63) is 0 Å². The van der Waals surface area contributed by atoms with Gasteiger partial charge in [-0.2, -0.15) is 0 Å². The maximum atomic E-state index is 9.99. The Kier molecular flexibility index (Phi) is 15.8. The minimum Gasteiger partial charge on any atom is -0.550 e. The Hall–Kier alpha value is 0.610. The van der Waals surface area contributed by atoms with Crippen molar-refractivity contribution < 1.29 is 83.7 Å². The summed E-state index contributed by atoms with van der Waals surface area (Å²) in [4.78, 5) is 29.7. The predicted molar refractivity (Wildman–Crippen MR) is 28.8 cm³/mol. The predicted octanol–water partition coefficient (Wildman–Crippen LogP) is -8.91. The van der Waals surface area contributed by atoms with Gasteiger partial charge in [0.15, 0.2) is 0 Å². The van der Waals surface area contributed by atoms with Gasteiger partial charge in [0.1, 0.15) is 6.29 Å². The molecular weight excluding hydrogens is 198 g/mol. The second-order valence-electron chi connectivity index (χ2n) is 1.97. The number of hydrogen-bond acceptors (Lipinski definition) is 5. The van der Waals surface area contributed by atoms with Gasteiger partial charge in [-0.1, -0.05) is 0 Å². The zero-order valence-electron chi connectivity index (χ0n) is 7.61. The molecule has 13 heavy (non-hydrogen) atoms. The smallest absolute Gasteiger partial charge is 0.550 e. The first-order valence-corrected chi connectivity index (χ1v) is 2.94. The number of rotatable bonds is 5. The fourth-order valence-corrected chi connectivity index (χ4v) is 0.515. The van der Waals surface area contributed by atoms with Gasteiger partial charge in [0.2, 0.25) is 0 Å². The summed E-state index contributed by atoms with van der Waals surface area (Å²) < 4.78 is 0. The van der Waals surface area contributed by atoms with Gasteiger partial charge in [0.05, 0.1) is 11.9 Å². The molecule has 0 aliphatic heterocycles. The number of hydrogen-bond donors (Lipinski definition) is 0. The molecule has 0 spiro atoms. The molecule has 5 nitrogen and oxygen atoms in total. The molecule has 0 saturated carbocycles. The Labute approximate surface area is 119 Å². The zero-order valence-corrected chi connectivity index (χ0v) is 11.6. The minimum atomic E-state index is -1.55. The van der Waals surface area contributed by atoms with Crippen molar-refractivity contribution in [1.82, 2.24) is 0 Å². The fourth-order valence-electron chi connectivity index (χ4n) is 0.515. The van der Waals surface area contributed by atoms with Gasteiger partial charge in [-0.15, -0.1) is 0 Å². The number of aldehydes is 1. The van der Waals surface area contributed by atoms with Crippen LogP contribution in [0.15, 0.2) is 0 Å². The average molecular weight is 204 g/mol. The quantitative estimate of drug-likeness (QED) is 0.251. The summed E-state index contributed by atoms with van der Waals surface area (Å²) in [5.74, 6) is -4.27. The first-order chi connectivity index (χ1) is 5.07.